The highest BCUT2D eigenvalue weighted by molar-refractivity contribution is 5.94. The fourth-order valence-corrected chi connectivity index (χ4v) is 2.01. The summed E-state index contributed by atoms with van der Waals surface area (Å²) in [5.41, 5.74) is -0.489. The van der Waals surface area contributed by atoms with E-state index in [1.807, 2.05) is 10.8 Å². The van der Waals surface area contributed by atoms with Crippen molar-refractivity contribution >= 4 is 5.91 Å². The Morgan fingerprint density at radius 3 is 2.68 bits per heavy atom. The lowest BCUT2D eigenvalue weighted by atomic mass is 10.1. The van der Waals surface area contributed by atoms with E-state index >= 15 is 0 Å². The van der Waals surface area contributed by atoms with Crippen LogP contribution >= 0.6 is 0 Å². The molecule has 1 aromatic heterocycles. The molecule has 1 amide bonds. The van der Waals surface area contributed by atoms with Crippen LogP contribution in [0.2, 0.25) is 0 Å². The second-order valence-electron chi connectivity index (χ2n) is 4.84. The number of aromatic nitrogens is 2. The Hall–Kier alpha value is -2.31. The molecule has 1 N–H and O–H groups in total. The van der Waals surface area contributed by atoms with Gasteiger partial charge in [-0.1, -0.05) is 0 Å². The summed E-state index contributed by atoms with van der Waals surface area (Å²) in [6.45, 7) is 1.19. The zero-order valence-electron chi connectivity index (χ0n) is 11.9. The molecule has 0 aliphatic heterocycles. The van der Waals surface area contributed by atoms with E-state index in [1.165, 1.54) is 0 Å². The van der Waals surface area contributed by atoms with Crippen molar-refractivity contribution in [3.05, 3.63) is 53.9 Å². The Labute approximate surface area is 126 Å². The van der Waals surface area contributed by atoms with Gasteiger partial charge in [-0.05, 0) is 31.4 Å². The van der Waals surface area contributed by atoms with Crippen LogP contribution < -0.4 is 5.32 Å². The number of nitrogens with one attached hydrogen (secondary N) is 1. The molecule has 7 heteroatoms. The van der Waals surface area contributed by atoms with E-state index in [9.17, 15) is 18.0 Å². The fourth-order valence-electron chi connectivity index (χ4n) is 2.01. The van der Waals surface area contributed by atoms with E-state index < -0.39 is 28.9 Å². The zero-order chi connectivity index (χ0) is 15.9. The van der Waals surface area contributed by atoms with Gasteiger partial charge < -0.3 is 9.88 Å². The number of carbonyl (C=O) groups excluding carboxylic acids is 1. The molecule has 0 spiro atoms. The minimum atomic E-state index is -1.63. The van der Waals surface area contributed by atoms with Gasteiger partial charge in [-0.15, -0.1) is 0 Å². The lowest BCUT2D eigenvalue weighted by molar-refractivity contribution is 0.0947. The van der Waals surface area contributed by atoms with E-state index in [1.54, 1.807) is 12.5 Å². The van der Waals surface area contributed by atoms with Crippen molar-refractivity contribution in [3.63, 3.8) is 0 Å². The van der Waals surface area contributed by atoms with E-state index in [0.717, 1.165) is 31.5 Å². The Bertz CT molecular complexity index is 629. The smallest absolute Gasteiger partial charge is 0.254 e. The van der Waals surface area contributed by atoms with E-state index in [2.05, 4.69) is 10.3 Å². The zero-order valence-corrected chi connectivity index (χ0v) is 11.9. The number of hydrogen-bond acceptors (Lipinski definition) is 2. The summed E-state index contributed by atoms with van der Waals surface area (Å²) in [4.78, 5) is 15.6. The number of halogens is 3. The lowest BCUT2D eigenvalue weighted by Gasteiger charge is -2.07. The molecule has 0 radical (unpaired) electrons. The first-order valence-electron chi connectivity index (χ1n) is 6.97. The van der Waals surface area contributed by atoms with Gasteiger partial charge >= 0.3 is 0 Å². The quantitative estimate of drug-likeness (QED) is 0.631. The third kappa shape index (κ3) is 4.09. The summed E-state index contributed by atoms with van der Waals surface area (Å²) >= 11 is 0. The second kappa shape index (κ2) is 7.63. The number of carbonyl (C=O) groups is 1. The predicted octanol–water partition coefficient (Wildman–Crippen LogP) is 2.90. The van der Waals surface area contributed by atoms with Crippen molar-refractivity contribution in [3.8, 4) is 0 Å². The molecule has 0 bridgehead atoms. The Balaban J connectivity index is 1.71. The highest BCUT2D eigenvalue weighted by Crippen LogP contribution is 2.15. The van der Waals surface area contributed by atoms with Crippen molar-refractivity contribution in [2.24, 2.45) is 0 Å². The molecule has 2 aromatic rings. The maximum absolute atomic E-state index is 13.4. The topological polar surface area (TPSA) is 46.9 Å². The van der Waals surface area contributed by atoms with E-state index in [-0.39, 0.29) is 0 Å². The van der Waals surface area contributed by atoms with Crippen molar-refractivity contribution in [2.45, 2.75) is 25.8 Å². The van der Waals surface area contributed by atoms with Crippen LogP contribution in [-0.4, -0.2) is 22.0 Å². The summed E-state index contributed by atoms with van der Waals surface area (Å²) < 4.78 is 41.2. The molecular formula is C15H16F3N3O. The Morgan fingerprint density at radius 1 is 1.14 bits per heavy atom. The molecule has 22 heavy (non-hydrogen) atoms. The Morgan fingerprint density at radius 2 is 1.95 bits per heavy atom. The number of rotatable bonds is 7. The Kier molecular flexibility index (Phi) is 5.57. The summed E-state index contributed by atoms with van der Waals surface area (Å²) in [7, 11) is 0. The minimum absolute atomic E-state index is 0.348. The average Bonchev–Trinajstić information content (AvgIpc) is 3.01. The van der Waals surface area contributed by atoms with Crippen LogP contribution in [0, 0.1) is 17.5 Å². The highest BCUT2D eigenvalue weighted by Gasteiger charge is 2.18. The van der Waals surface area contributed by atoms with Gasteiger partial charge in [0.25, 0.3) is 5.91 Å². The van der Waals surface area contributed by atoms with Gasteiger partial charge in [-0.25, -0.2) is 18.2 Å². The molecular weight excluding hydrogens is 295 g/mol. The van der Waals surface area contributed by atoms with Gasteiger partial charge in [0.15, 0.2) is 17.5 Å². The first-order chi connectivity index (χ1) is 10.6. The molecule has 0 saturated carbocycles. The number of aryl methyl sites for hydroxylation is 1. The molecule has 0 aliphatic carbocycles. The molecule has 1 heterocycles. The largest absolute Gasteiger partial charge is 0.352 e. The molecule has 0 unspecified atom stereocenters. The van der Waals surface area contributed by atoms with Gasteiger partial charge in [0.2, 0.25) is 0 Å². The highest BCUT2D eigenvalue weighted by atomic mass is 19.2. The monoisotopic (exact) mass is 311 g/mol. The first kappa shape index (κ1) is 16.1. The first-order valence-corrected chi connectivity index (χ1v) is 6.97. The standard InChI is InChI=1S/C15H16F3N3O/c16-12-5-4-11(13(17)14(12)18)15(22)20-6-2-1-3-8-21-9-7-19-10-21/h4-5,7,9-10H,1-3,6,8H2,(H,20,22). The molecule has 2 rings (SSSR count). The van der Waals surface area contributed by atoms with Crippen LogP contribution in [0.1, 0.15) is 29.6 Å². The number of unbranched alkanes of at least 4 members (excludes halogenated alkanes) is 2. The molecule has 0 atom stereocenters. The van der Waals surface area contributed by atoms with Crippen LogP contribution in [0.25, 0.3) is 0 Å². The van der Waals surface area contributed by atoms with Crippen LogP contribution in [0.15, 0.2) is 30.9 Å². The summed E-state index contributed by atoms with van der Waals surface area (Å²) in [6.07, 6.45) is 7.81. The van der Waals surface area contributed by atoms with Gasteiger partial charge in [0.1, 0.15) is 0 Å². The van der Waals surface area contributed by atoms with Gasteiger partial charge in [0.05, 0.1) is 11.9 Å². The number of imidazole rings is 1. The number of hydrogen-bond donors (Lipinski definition) is 1. The van der Waals surface area contributed by atoms with Gasteiger partial charge in [0, 0.05) is 25.5 Å². The lowest BCUT2D eigenvalue weighted by Crippen LogP contribution is -2.26. The third-order valence-corrected chi connectivity index (χ3v) is 3.22. The average molecular weight is 311 g/mol. The van der Waals surface area contributed by atoms with Crippen LogP contribution in [0.5, 0.6) is 0 Å². The summed E-state index contributed by atoms with van der Waals surface area (Å²) in [5, 5.41) is 2.49. The van der Waals surface area contributed by atoms with Crippen molar-refractivity contribution < 1.29 is 18.0 Å². The maximum atomic E-state index is 13.4. The normalized spacial score (nSPS) is 10.7. The minimum Gasteiger partial charge on any atom is -0.352 e. The summed E-state index contributed by atoms with van der Waals surface area (Å²) in [5.74, 6) is -5.15. The molecule has 4 nitrogen and oxygen atoms in total. The summed E-state index contributed by atoms with van der Waals surface area (Å²) in [6, 6.07) is 1.67. The number of amides is 1. The molecule has 118 valence electrons. The molecule has 0 fully saturated rings. The van der Waals surface area contributed by atoms with Gasteiger partial charge in [-0.2, -0.15) is 0 Å². The van der Waals surface area contributed by atoms with Crippen molar-refractivity contribution in [2.75, 3.05) is 6.54 Å². The predicted molar refractivity (Wildman–Crippen MR) is 74.7 cm³/mol. The molecule has 0 aliphatic rings. The number of nitrogens with zero attached hydrogens (tertiary/aromatic N) is 2. The van der Waals surface area contributed by atoms with E-state index in [0.29, 0.717) is 13.0 Å². The molecule has 1 aromatic carbocycles. The molecule has 0 saturated heterocycles. The third-order valence-electron chi connectivity index (χ3n) is 3.22. The van der Waals surface area contributed by atoms with E-state index in [4.69, 9.17) is 0 Å². The van der Waals surface area contributed by atoms with Crippen LogP contribution in [-0.2, 0) is 6.54 Å². The van der Waals surface area contributed by atoms with Crippen LogP contribution in [0.3, 0.4) is 0 Å². The maximum Gasteiger partial charge on any atom is 0.254 e. The van der Waals surface area contributed by atoms with Gasteiger partial charge in [-0.3, -0.25) is 4.79 Å². The SMILES string of the molecule is O=C(NCCCCCn1ccnc1)c1ccc(F)c(F)c1F. The van der Waals surface area contributed by atoms with Crippen LogP contribution in [0.4, 0.5) is 13.2 Å². The fraction of sp³-hybridized carbons (Fsp3) is 0.333. The second-order valence-corrected chi connectivity index (χ2v) is 4.84. The number of benzene rings is 1. The van der Waals surface area contributed by atoms with Crippen molar-refractivity contribution in [1.29, 1.82) is 0 Å². The van der Waals surface area contributed by atoms with Crippen molar-refractivity contribution in [1.82, 2.24) is 14.9 Å².